The Morgan fingerprint density at radius 2 is 2.21 bits per heavy atom. The van der Waals surface area contributed by atoms with Crippen molar-refractivity contribution in [1.29, 1.82) is 0 Å². The number of rotatable bonds is 5. The fourth-order valence-corrected chi connectivity index (χ4v) is 3.16. The second-order valence-corrected chi connectivity index (χ2v) is 6.06. The van der Waals surface area contributed by atoms with Crippen LogP contribution in [0.15, 0.2) is 6.20 Å². The highest BCUT2D eigenvalue weighted by atomic mass is 16.5. The Labute approximate surface area is 114 Å². The van der Waals surface area contributed by atoms with Crippen molar-refractivity contribution in [3.8, 4) is 0 Å². The SMILES string of the molecule is CCOC(=O)c1cnn(CC2CC(C)C2)c1C1CC1. The molecule has 2 aliphatic rings. The molecule has 0 aliphatic heterocycles. The summed E-state index contributed by atoms with van der Waals surface area (Å²) in [5.41, 5.74) is 1.81. The number of carbonyl (C=O) groups is 1. The molecule has 19 heavy (non-hydrogen) atoms. The predicted octanol–water partition coefficient (Wildman–Crippen LogP) is 2.98. The van der Waals surface area contributed by atoms with Crippen molar-refractivity contribution in [3.05, 3.63) is 17.5 Å². The van der Waals surface area contributed by atoms with Gasteiger partial charge in [-0.2, -0.15) is 5.10 Å². The van der Waals surface area contributed by atoms with Crippen molar-refractivity contribution in [2.75, 3.05) is 6.61 Å². The van der Waals surface area contributed by atoms with Crippen LogP contribution >= 0.6 is 0 Å². The highest BCUT2D eigenvalue weighted by Gasteiger charge is 2.34. The Morgan fingerprint density at radius 3 is 2.79 bits per heavy atom. The number of ether oxygens (including phenoxy) is 1. The normalized spacial score (nSPS) is 26.0. The first-order chi connectivity index (χ1) is 9.19. The predicted molar refractivity (Wildman–Crippen MR) is 72.0 cm³/mol. The molecule has 0 atom stereocenters. The van der Waals surface area contributed by atoms with Crippen LogP contribution < -0.4 is 0 Å². The van der Waals surface area contributed by atoms with Gasteiger partial charge >= 0.3 is 5.97 Å². The standard InChI is InChI=1S/C15H22N2O2/c1-3-19-15(18)13-8-16-17(14(13)12-4-5-12)9-11-6-10(2)7-11/h8,10-12H,3-7,9H2,1-2H3. The lowest BCUT2D eigenvalue weighted by Gasteiger charge is -2.32. The molecule has 2 saturated carbocycles. The molecule has 0 amide bonds. The summed E-state index contributed by atoms with van der Waals surface area (Å²) in [7, 11) is 0. The van der Waals surface area contributed by atoms with Gasteiger partial charge in [0, 0.05) is 12.5 Å². The first kappa shape index (κ1) is 12.7. The molecule has 0 bridgehead atoms. The molecule has 1 aromatic heterocycles. The molecular weight excluding hydrogens is 240 g/mol. The monoisotopic (exact) mass is 262 g/mol. The fourth-order valence-electron chi connectivity index (χ4n) is 3.16. The van der Waals surface area contributed by atoms with Gasteiger partial charge in [-0.1, -0.05) is 6.92 Å². The van der Waals surface area contributed by atoms with E-state index in [-0.39, 0.29) is 5.97 Å². The fraction of sp³-hybridized carbons (Fsp3) is 0.733. The molecule has 2 fully saturated rings. The zero-order valence-electron chi connectivity index (χ0n) is 11.8. The molecule has 2 aliphatic carbocycles. The van der Waals surface area contributed by atoms with Crippen LogP contribution in [0.4, 0.5) is 0 Å². The molecular formula is C15H22N2O2. The van der Waals surface area contributed by atoms with Gasteiger partial charge in [-0.15, -0.1) is 0 Å². The maximum Gasteiger partial charge on any atom is 0.341 e. The van der Waals surface area contributed by atoms with Crippen LogP contribution in [0.3, 0.4) is 0 Å². The number of hydrogen-bond donors (Lipinski definition) is 0. The summed E-state index contributed by atoms with van der Waals surface area (Å²) >= 11 is 0. The van der Waals surface area contributed by atoms with Gasteiger partial charge in [0.05, 0.1) is 18.5 Å². The molecule has 4 nitrogen and oxygen atoms in total. The highest BCUT2D eigenvalue weighted by Crippen LogP contribution is 2.43. The Hall–Kier alpha value is -1.32. The molecule has 1 aromatic rings. The van der Waals surface area contributed by atoms with Gasteiger partial charge in [0.1, 0.15) is 5.56 Å². The average molecular weight is 262 g/mol. The number of aromatic nitrogens is 2. The highest BCUT2D eigenvalue weighted by molar-refractivity contribution is 5.90. The first-order valence-corrected chi connectivity index (χ1v) is 7.41. The zero-order chi connectivity index (χ0) is 13.4. The lowest BCUT2D eigenvalue weighted by Crippen LogP contribution is -2.26. The maximum absolute atomic E-state index is 12.0. The van der Waals surface area contributed by atoms with Crippen LogP contribution in [0.1, 0.15) is 61.5 Å². The molecule has 0 N–H and O–H groups in total. The van der Waals surface area contributed by atoms with Gasteiger partial charge in [-0.3, -0.25) is 4.68 Å². The summed E-state index contributed by atoms with van der Waals surface area (Å²) in [5, 5.41) is 4.44. The minimum atomic E-state index is -0.211. The number of esters is 1. The smallest absolute Gasteiger partial charge is 0.341 e. The number of hydrogen-bond acceptors (Lipinski definition) is 3. The van der Waals surface area contributed by atoms with E-state index in [1.54, 1.807) is 6.20 Å². The largest absolute Gasteiger partial charge is 0.462 e. The Balaban J connectivity index is 1.78. The molecule has 1 heterocycles. The van der Waals surface area contributed by atoms with E-state index in [0.717, 1.165) is 24.1 Å². The minimum absolute atomic E-state index is 0.211. The van der Waals surface area contributed by atoms with Gasteiger partial charge in [-0.25, -0.2) is 4.79 Å². The lowest BCUT2D eigenvalue weighted by atomic mass is 9.76. The summed E-state index contributed by atoms with van der Waals surface area (Å²) in [6.45, 7) is 5.53. The van der Waals surface area contributed by atoms with Crippen molar-refractivity contribution in [2.45, 2.75) is 52.0 Å². The Morgan fingerprint density at radius 1 is 1.47 bits per heavy atom. The van der Waals surface area contributed by atoms with E-state index in [1.807, 2.05) is 6.92 Å². The van der Waals surface area contributed by atoms with Crippen LogP contribution in [-0.2, 0) is 11.3 Å². The van der Waals surface area contributed by atoms with E-state index >= 15 is 0 Å². The van der Waals surface area contributed by atoms with Crippen LogP contribution in [0.25, 0.3) is 0 Å². The van der Waals surface area contributed by atoms with E-state index in [4.69, 9.17) is 4.74 Å². The van der Waals surface area contributed by atoms with Crippen molar-refractivity contribution in [3.63, 3.8) is 0 Å². The van der Waals surface area contributed by atoms with E-state index in [0.29, 0.717) is 18.1 Å². The molecule has 0 spiro atoms. The summed E-state index contributed by atoms with van der Waals surface area (Å²) in [6, 6.07) is 0. The molecule has 3 rings (SSSR count). The van der Waals surface area contributed by atoms with Crippen LogP contribution in [-0.4, -0.2) is 22.4 Å². The van der Waals surface area contributed by atoms with Crippen molar-refractivity contribution >= 4 is 5.97 Å². The van der Waals surface area contributed by atoms with Crippen LogP contribution in [0.5, 0.6) is 0 Å². The minimum Gasteiger partial charge on any atom is -0.462 e. The van der Waals surface area contributed by atoms with Crippen LogP contribution in [0, 0.1) is 11.8 Å². The zero-order valence-corrected chi connectivity index (χ0v) is 11.8. The Kier molecular flexibility index (Phi) is 3.33. The van der Waals surface area contributed by atoms with Crippen molar-refractivity contribution in [2.24, 2.45) is 11.8 Å². The maximum atomic E-state index is 12.0. The summed E-state index contributed by atoms with van der Waals surface area (Å²) in [5.74, 6) is 1.91. The van der Waals surface area contributed by atoms with E-state index in [2.05, 4.69) is 16.7 Å². The second kappa shape index (κ2) is 4.99. The molecule has 0 unspecified atom stereocenters. The third kappa shape index (κ3) is 2.53. The van der Waals surface area contributed by atoms with Gasteiger partial charge in [0.2, 0.25) is 0 Å². The lowest BCUT2D eigenvalue weighted by molar-refractivity contribution is 0.0524. The number of carbonyl (C=O) groups excluding carboxylic acids is 1. The molecule has 0 saturated heterocycles. The third-order valence-electron chi connectivity index (χ3n) is 4.24. The molecule has 104 valence electrons. The number of nitrogens with zero attached hydrogens (tertiary/aromatic N) is 2. The van der Waals surface area contributed by atoms with Gasteiger partial charge < -0.3 is 4.74 Å². The van der Waals surface area contributed by atoms with Crippen LogP contribution in [0.2, 0.25) is 0 Å². The van der Waals surface area contributed by atoms with Crippen molar-refractivity contribution in [1.82, 2.24) is 9.78 Å². The molecule has 4 heteroatoms. The first-order valence-electron chi connectivity index (χ1n) is 7.41. The second-order valence-electron chi connectivity index (χ2n) is 6.06. The van der Waals surface area contributed by atoms with Gasteiger partial charge in [0.15, 0.2) is 0 Å². The molecule has 0 aromatic carbocycles. The summed E-state index contributed by atoms with van der Waals surface area (Å²) in [6.07, 6.45) is 6.64. The topological polar surface area (TPSA) is 44.1 Å². The Bertz CT molecular complexity index is 470. The van der Waals surface area contributed by atoms with Gasteiger partial charge in [-0.05, 0) is 44.4 Å². The summed E-state index contributed by atoms with van der Waals surface area (Å²) in [4.78, 5) is 12.0. The average Bonchev–Trinajstić information content (AvgIpc) is 3.09. The summed E-state index contributed by atoms with van der Waals surface area (Å²) < 4.78 is 7.20. The van der Waals surface area contributed by atoms with E-state index in [1.165, 1.54) is 25.7 Å². The van der Waals surface area contributed by atoms with E-state index in [9.17, 15) is 4.79 Å². The quantitative estimate of drug-likeness (QED) is 0.766. The molecule has 0 radical (unpaired) electrons. The van der Waals surface area contributed by atoms with Crippen molar-refractivity contribution < 1.29 is 9.53 Å². The van der Waals surface area contributed by atoms with Gasteiger partial charge in [0.25, 0.3) is 0 Å². The van der Waals surface area contributed by atoms with E-state index < -0.39 is 0 Å². The third-order valence-corrected chi connectivity index (χ3v) is 4.24.